The van der Waals surface area contributed by atoms with Crippen molar-refractivity contribution in [3.63, 3.8) is 0 Å². The van der Waals surface area contributed by atoms with E-state index in [9.17, 15) is 14.7 Å². The fourth-order valence-electron chi connectivity index (χ4n) is 2.97. The normalized spacial score (nSPS) is 21.0. The van der Waals surface area contributed by atoms with Crippen LogP contribution in [0.1, 0.15) is 21.8 Å². The number of likely N-dealkylation sites (tertiary alicyclic amines) is 1. The van der Waals surface area contributed by atoms with Crippen LogP contribution < -0.4 is 0 Å². The molecule has 2 heterocycles. The van der Waals surface area contributed by atoms with E-state index in [1.165, 1.54) is 6.20 Å². The van der Waals surface area contributed by atoms with Crippen LogP contribution in [0.15, 0.2) is 42.7 Å². The molecule has 1 N–H and O–H groups in total. The zero-order chi connectivity index (χ0) is 15.7. The fourth-order valence-corrected chi connectivity index (χ4v) is 2.97. The van der Waals surface area contributed by atoms with Crippen LogP contribution in [0.25, 0.3) is 0 Å². The third-order valence-electron chi connectivity index (χ3n) is 4.10. The van der Waals surface area contributed by atoms with E-state index < -0.39 is 11.9 Å². The second-order valence-electron chi connectivity index (χ2n) is 5.57. The summed E-state index contributed by atoms with van der Waals surface area (Å²) in [4.78, 5) is 25.6. The number of carbonyl (C=O) groups excluding carboxylic acids is 1. The Morgan fingerprint density at radius 3 is 2.55 bits per heavy atom. The van der Waals surface area contributed by atoms with Crippen LogP contribution in [0.5, 0.6) is 0 Å². The van der Waals surface area contributed by atoms with Gasteiger partial charge in [0.2, 0.25) is 0 Å². The number of benzene rings is 1. The second-order valence-corrected chi connectivity index (χ2v) is 5.57. The molecule has 22 heavy (non-hydrogen) atoms. The molecular formula is C16H17N3O3. The van der Waals surface area contributed by atoms with E-state index in [4.69, 9.17) is 0 Å². The molecule has 0 saturated carbocycles. The number of carboxylic acids is 1. The van der Waals surface area contributed by atoms with Crippen molar-refractivity contribution < 1.29 is 14.7 Å². The van der Waals surface area contributed by atoms with E-state index in [0.717, 1.165) is 5.56 Å². The predicted octanol–water partition coefficient (Wildman–Crippen LogP) is 1.36. The summed E-state index contributed by atoms with van der Waals surface area (Å²) in [6.07, 6.45) is 3.15. The number of nitrogens with zero attached hydrogens (tertiary/aromatic N) is 3. The van der Waals surface area contributed by atoms with Crippen molar-refractivity contribution in [1.29, 1.82) is 0 Å². The number of hydrogen-bond acceptors (Lipinski definition) is 3. The van der Waals surface area contributed by atoms with Crippen LogP contribution in [0.4, 0.5) is 0 Å². The van der Waals surface area contributed by atoms with E-state index >= 15 is 0 Å². The third kappa shape index (κ3) is 2.59. The largest absolute Gasteiger partial charge is 0.481 e. The molecule has 6 heteroatoms. The highest BCUT2D eigenvalue weighted by molar-refractivity contribution is 5.94. The molecule has 1 amide bonds. The molecule has 1 aliphatic heterocycles. The molecule has 1 aromatic carbocycles. The van der Waals surface area contributed by atoms with Crippen molar-refractivity contribution in [2.24, 2.45) is 13.0 Å². The molecule has 0 spiro atoms. The molecule has 1 aliphatic rings. The lowest BCUT2D eigenvalue weighted by molar-refractivity contribution is -0.141. The Kier molecular flexibility index (Phi) is 3.66. The van der Waals surface area contributed by atoms with Gasteiger partial charge in [0.05, 0.1) is 17.7 Å². The Balaban J connectivity index is 1.84. The zero-order valence-corrected chi connectivity index (χ0v) is 12.2. The Labute approximate surface area is 128 Å². The van der Waals surface area contributed by atoms with E-state index in [2.05, 4.69) is 5.10 Å². The molecule has 114 valence electrons. The second kappa shape index (κ2) is 5.63. The average molecular weight is 299 g/mol. The fraction of sp³-hybridized carbons (Fsp3) is 0.312. The molecule has 2 aromatic rings. The van der Waals surface area contributed by atoms with E-state index in [0.29, 0.717) is 12.1 Å². The topological polar surface area (TPSA) is 75.4 Å². The first-order valence-electron chi connectivity index (χ1n) is 7.12. The number of aliphatic carboxylic acids is 1. The van der Waals surface area contributed by atoms with Crippen molar-refractivity contribution in [3.8, 4) is 0 Å². The number of hydrogen-bond donors (Lipinski definition) is 1. The highest BCUT2D eigenvalue weighted by Gasteiger charge is 2.40. The minimum Gasteiger partial charge on any atom is -0.481 e. The van der Waals surface area contributed by atoms with Crippen LogP contribution in [-0.4, -0.2) is 44.8 Å². The van der Waals surface area contributed by atoms with E-state index in [1.807, 2.05) is 30.3 Å². The average Bonchev–Trinajstić information content (AvgIpc) is 3.14. The lowest BCUT2D eigenvalue weighted by atomic mass is 9.89. The highest BCUT2D eigenvalue weighted by Crippen LogP contribution is 2.33. The van der Waals surface area contributed by atoms with Gasteiger partial charge < -0.3 is 10.0 Å². The first kappa shape index (κ1) is 14.3. The molecular weight excluding hydrogens is 282 g/mol. The molecule has 2 atom stereocenters. The monoisotopic (exact) mass is 299 g/mol. The van der Waals surface area contributed by atoms with Crippen LogP contribution in [0.3, 0.4) is 0 Å². The molecule has 1 fully saturated rings. The number of carbonyl (C=O) groups is 2. The molecule has 0 radical (unpaired) electrons. The van der Waals surface area contributed by atoms with E-state index in [1.54, 1.807) is 22.8 Å². The van der Waals surface area contributed by atoms with Gasteiger partial charge in [-0.15, -0.1) is 0 Å². The van der Waals surface area contributed by atoms with Gasteiger partial charge in [0, 0.05) is 32.3 Å². The standard InChI is InChI=1S/C16H17N3O3/c1-18-8-12(7-17-18)15(20)19-9-13(14(10-19)16(21)22)11-5-3-2-4-6-11/h2-8,13-14H,9-10H2,1H3,(H,21,22)/t13-,14-/m0/s1. The Hall–Kier alpha value is -2.63. The van der Waals surface area contributed by atoms with Crippen LogP contribution in [0.2, 0.25) is 0 Å². The summed E-state index contributed by atoms with van der Waals surface area (Å²) in [5.74, 6) is -1.80. The Bertz CT molecular complexity index is 696. The number of aryl methyl sites for hydroxylation is 1. The molecule has 0 bridgehead atoms. The maximum atomic E-state index is 12.5. The van der Waals surface area contributed by atoms with Crippen molar-refractivity contribution in [1.82, 2.24) is 14.7 Å². The SMILES string of the molecule is Cn1cc(C(=O)N2C[C@H](C(=O)O)[C@H](c3ccccc3)C2)cn1. The molecule has 6 nitrogen and oxygen atoms in total. The lowest BCUT2D eigenvalue weighted by Crippen LogP contribution is -2.29. The van der Waals surface area contributed by atoms with Gasteiger partial charge in [-0.2, -0.15) is 5.10 Å². The third-order valence-corrected chi connectivity index (χ3v) is 4.10. The summed E-state index contributed by atoms with van der Waals surface area (Å²) in [6, 6.07) is 9.50. The predicted molar refractivity (Wildman–Crippen MR) is 79.4 cm³/mol. The first-order chi connectivity index (χ1) is 10.6. The van der Waals surface area contributed by atoms with Gasteiger partial charge in [0.25, 0.3) is 5.91 Å². The summed E-state index contributed by atoms with van der Waals surface area (Å²) in [5.41, 5.74) is 1.44. The number of amides is 1. The highest BCUT2D eigenvalue weighted by atomic mass is 16.4. The van der Waals surface area contributed by atoms with Gasteiger partial charge in [-0.3, -0.25) is 14.3 Å². The van der Waals surface area contributed by atoms with Gasteiger partial charge in [0.15, 0.2) is 0 Å². The Morgan fingerprint density at radius 1 is 1.23 bits per heavy atom. The zero-order valence-electron chi connectivity index (χ0n) is 12.2. The van der Waals surface area contributed by atoms with Crippen molar-refractivity contribution in [3.05, 3.63) is 53.9 Å². The van der Waals surface area contributed by atoms with Gasteiger partial charge >= 0.3 is 5.97 Å². The molecule has 0 unspecified atom stereocenters. The van der Waals surface area contributed by atoms with Crippen LogP contribution in [-0.2, 0) is 11.8 Å². The van der Waals surface area contributed by atoms with Crippen molar-refractivity contribution in [2.45, 2.75) is 5.92 Å². The summed E-state index contributed by atoms with van der Waals surface area (Å²) in [7, 11) is 1.74. The van der Waals surface area contributed by atoms with Crippen LogP contribution >= 0.6 is 0 Å². The summed E-state index contributed by atoms with van der Waals surface area (Å²) >= 11 is 0. The number of carboxylic acid groups (broad SMARTS) is 1. The molecule has 1 aromatic heterocycles. The minimum absolute atomic E-state index is 0.169. The maximum Gasteiger partial charge on any atom is 0.308 e. The quantitative estimate of drug-likeness (QED) is 0.928. The first-order valence-corrected chi connectivity index (χ1v) is 7.12. The van der Waals surface area contributed by atoms with Crippen molar-refractivity contribution in [2.75, 3.05) is 13.1 Å². The Morgan fingerprint density at radius 2 is 1.95 bits per heavy atom. The van der Waals surface area contributed by atoms with Gasteiger partial charge in [-0.1, -0.05) is 30.3 Å². The maximum absolute atomic E-state index is 12.5. The summed E-state index contributed by atoms with van der Waals surface area (Å²) in [6.45, 7) is 0.636. The number of aromatic nitrogens is 2. The van der Waals surface area contributed by atoms with E-state index in [-0.39, 0.29) is 18.4 Å². The minimum atomic E-state index is -0.865. The number of rotatable bonds is 3. The molecule has 1 saturated heterocycles. The van der Waals surface area contributed by atoms with Gasteiger partial charge in [-0.05, 0) is 5.56 Å². The van der Waals surface area contributed by atoms with Gasteiger partial charge in [-0.25, -0.2) is 0 Å². The van der Waals surface area contributed by atoms with Crippen molar-refractivity contribution >= 4 is 11.9 Å². The molecule has 3 rings (SSSR count). The summed E-state index contributed by atoms with van der Waals surface area (Å²) in [5, 5.41) is 13.5. The van der Waals surface area contributed by atoms with Crippen LogP contribution in [0, 0.1) is 5.92 Å². The van der Waals surface area contributed by atoms with Gasteiger partial charge in [0.1, 0.15) is 0 Å². The summed E-state index contributed by atoms with van der Waals surface area (Å²) < 4.78 is 1.56. The smallest absolute Gasteiger partial charge is 0.308 e. The molecule has 0 aliphatic carbocycles. The lowest BCUT2D eigenvalue weighted by Gasteiger charge is -2.15.